The summed E-state index contributed by atoms with van der Waals surface area (Å²) in [7, 11) is 0. The average molecular weight is 348 g/mol. The van der Waals surface area contributed by atoms with E-state index in [1.807, 2.05) is 12.3 Å². The SMILES string of the molecule is O=C(NCC1CCN(c2cccnc2)CC1)c1ccc(F)cc1Cl. The molecule has 0 bridgehead atoms. The third kappa shape index (κ3) is 4.03. The maximum absolute atomic E-state index is 13.0. The largest absolute Gasteiger partial charge is 0.370 e. The van der Waals surface area contributed by atoms with Crippen molar-refractivity contribution in [2.24, 2.45) is 5.92 Å². The van der Waals surface area contributed by atoms with Crippen molar-refractivity contribution in [1.29, 1.82) is 0 Å². The lowest BCUT2D eigenvalue weighted by molar-refractivity contribution is 0.0945. The summed E-state index contributed by atoms with van der Waals surface area (Å²) >= 11 is 5.92. The predicted octanol–water partition coefficient (Wildman–Crippen LogP) is 3.52. The third-order valence-corrected chi connectivity index (χ3v) is 4.67. The van der Waals surface area contributed by atoms with Crippen LogP contribution in [0.3, 0.4) is 0 Å². The van der Waals surface area contributed by atoms with Crippen LogP contribution in [0.5, 0.6) is 0 Å². The van der Waals surface area contributed by atoms with E-state index in [4.69, 9.17) is 11.6 Å². The van der Waals surface area contributed by atoms with Crippen LogP contribution in [-0.2, 0) is 0 Å². The van der Waals surface area contributed by atoms with Crippen molar-refractivity contribution in [1.82, 2.24) is 10.3 Å². The predicted molar refractivity (Wildman–Crippen MR) is 92.9 cm³/mol. The van der Waals surface area contributed by atoms with Gasteiger partial charge in [-0.15, -0.1) is 0 Å². The number of amides is 1. The van der Waals surface area contributed by atoms with E-state index in [1.54, 1.807) is 6.20 Å². The smallest absolute Gasteiger partial charge is 0.252 e. The minimum Gasteiger partial charge on any atom is -0.370 e. The number of pyridine rings is 1. The summed E-state index contributed by atoms with van der Waals surface area (Å²) in [6, 6.07) is 7.81. The van der Waals surface area contributed by atoms with E-state index in [9.17, 15) is 9.18 Å². The number of nitrogens with zero attached hydrogens (tertiary/aromatic N) is 2. The molecule has 0 aliphatic carbocycles. The van der Waals surface area contributed by atoms with E-state index in [0.29, 0.717) is 18.0 Å². The molecule has 2 heterocycles. The molecule has 4 nitrogen and oxygen atoms in total. The molecule has 0 saturated carbocycles. The molecule has 1 aromatic heterocycles. The summed E-state index contributed by atoms with van der Waals surface area (Å²) in [5.74, 6) is -0.268. The highest BCUT2D eigenvalue weighted by molar-refractivity contribution is 6.33. The van der Waals surface area contributed by atoms with Crippen molar-refractivity contribution >= 4 is 23.2 Å². The van der Waals surface area contributed by atoms with E-state index in [-0.39, 0.29) is 10.9 Å². The van der Waals surface area contributed by atoms with Gasteiger partial charge < -0.3 is 10.2 Å². The Morgan fingerprint density at radius 3 is 2.79 bits per heavy atom. The van der Waals surface area contributed by atoms with Gasteiger partial charge in [-0.3, -0.25) is 9.78 Å². The molecule has 6 heteroatoms. The zero-order chi connectivity index (χ0) is 16.9. The fourth-order valence-corrected chi connectivity index (χ4v) is 3.20. The van der Waals surface area contributed by atoms with Crippen LogP contribution in [-0.4, -0.2) is 30.5 Å². The first-order chi connectivity index (χ1) is 11.6. The summed E-state index contributed by atoms with van der Waals surface area (Å²) in [5.41, 5.74) is 1.45. The lowest BCUT2D eigenvalue weighted by atomic mass is 9.96. The van der Waals surface area contributed by atoms with Crippen molar-refractivity contribution in [2.75, 3.05) is 24.5 Å². The average Bonchev–Trinajstić information content (AvgIpc) is 2.61. The van der Waals surface area contributed by atoms with Gasteiger partial charge in [-0.1, -0.05) is 11.6 Å². The molecule has 0 spiro atoms. The zero-order valence-electron chi connectivity index (χ0n) is 13.2. The van der Waals surface area contributed by atoms with Gasteiger partial charge in [0, 0.05) is 25.8 Å². The number of halogens is 2. The van der Waals surface area contributed by atoms with Gasteiger partial charge >= 0.3 is 0 Å². The first-order valence-corrected chi connectivity index (χ1v) is 8.39. The molecule has 1 N–H and O–H groups in total. The molecule has 1 aliphatic rings. The van der Waals surface area contributed by atoms with Gasteiger partial charge in [0.25, 0.3) is 5.91 Å². The lowest BCUT2D eigenvalue weighted by Gasteiger charge is -2.33. The molecule has 2 aromatic rings. The van der Waals surface area contributed by atoms with Crippen LogP contribution in [0.2, 0.25) is 5.02 Å². The Morgan fingerprint density at radius 1 is 1.33 bits per heavy atom. The van der Waals surface area contributed by atoms with Crippen LogP contribution >= 0.6 is 11.6 Å². The highest BCUT2D eigenvalue weighted by Crippen LogP contribution is 2.22. The lowest BCUT2D eigenvalue weighted by Crippen LogP contribution is -2.38. The fourth-order valence-electron chi connectivity index (χ4n) is 2.94. The molecule has 0 atom stereocenters. The third-order valence-electron chi connectivity index (χ3n) is 4.35. The van der Waals surface area contributed by atoms with E-state index in [1.165, 1.54) is 12.1 Å². The Morgan fingerprint density at radius 2 is 2.12 bits per heavy atom. The standard InChI is InChI=1S/C18H19ClFN3O/c19-17-10-14(20)3-4-16(17)18(24)22-11-13-5-8-23(9-6-13)15-2-1-7-21-12-15/h1-4,7,10,12-13H,5-6,8-9,11H2,(H,22,24). The van der Waals surface area contributed by atoms with Crippen LogP contribution in [0.4, 0.5) is 10.1 Å². The van der Waals surface area contributed by atoms with E-state index in [2.05, 4.69) is 21.3 Å². The molecular weight excluding hydrogens is 329 g/mol. The monoisotopic (exact) mass is 347 g/mol. The number of hydrogen-bond donors (Lipinski definition) is 1. The number of aromatic nitrogens is 1. The second kappa shape index (κ2) is 7.62. The first-order valence-electron chi connectivity index (χ1n) is 8.01. The van der Waals surface area contributed by atoms with Crippen LogP contribution in [0.15, 0.2) is 42.7 Å². The summed E-state index contributed by atoms with van der Waals surface area (Å²) in [4.78, 5) is 18.6. The van der Waals surface area contributed by atoms with Gasteiger partial charge in [-0.05, 0) is 49.1 Å². The van der Waals surface area contributed by atoms with Gasteiger partial charge in [0.2, 0.25) is 0 Å². The van der Waals surface area contributed by atoms with E-state index < -0.39 is 5.82 Å². The Bertz CT molecular complexity index is 703. The quantitative estimate of drug-likeness (QED) is 0.920. The number of piperidine rings is 1. The maximum Gasteiger partial charge on any atom is 0.252 e. The Labute approximate surface area is 145 Å². The zero-order valence-corrected chi connectivity index (χ0v) is 14.0. The van der Waals surface area contributed by atoms with Crippen molar-refractivity contribution in [2.45, 2.75) is 12.8 Å². The molecule has 24 heavy (non-hydrogen) atoms. The number of nitrogens with one attached hydrogen (secondary N) is 1. The summed E-state index contributed by atoms with van der Waals surface area (Å²) in [6.07, 6.45) is 5.66. The second-order valence-corrected chi connectivity index (χ2v) is 6.38. The molecule has 0 unspecified atom stereocenters. The molecule has 126 valence electrons. The molecule has 0 radical (unpaired) electrons. The van der Waals surface area contributed by atoms with Crippen molar-refractivity contribution in [3.63, 3.8) is 0 Å². The van der Waals surface area contributed by atoms with Crippen molar-refractivity contribution in [3.05, 3.63) is 59.1 Å². The highest BCUT2D eigenvalue weighted by atomic mass is 35.5. The Hall–Kier alpha value is -2.14. The fraction of sp³-hybridized carbons (Fsp3) is 0.333. The maximum atomic E-state index is 13.0. The van der Waals surface area contributed by atoms with Gasteiger partial charge in [0.15, 0.2) is 0 Å². The van der Waals surface area contributed by atoms with Crippen LogP contribution in [0, 0.1) is 11.7 Å². The number of carbonyl (C=O) groups excluding carboxylic acids is 1. The second-order valence-electron chi connectivity index (χ2n) is 5.98. The van der Waals surface area contributed by atoms with Gasteiger partial charge in [-0.25, -0.2) is 4.39 Å². The summed E-state index contributed by atoms with van der Waals surface area (Å²) < 4.78 is 13.0. The minimum absolute atomic E-state index is 0.138. The number of anilines is 1. The van der Waals surface area contributed by atoms with E-state index in [0.717, 1.165) is 37.7 Å². The van der Waals surface area contributed by atoms with Gasteiger partial charge in [-0.2, -0.15) is 0 Å². The summed E-state index contributed by atoms with van der Waals surface area (Å²) in [6.45, 7) is 2.50. The van der Waals surface area contributed by atoms with Crippen LogP contribution in [0.25, 0.3) is 0 Å². The summed E-state index contributed by atoms with van der Waals surface area (Å²) in [5, 5.41) is 3.04. The number of benzene rings is 1. The molecule has 1 amide bonds. The molecule has 1 aromatic carbocycles. The minimum atomic E-state index is -0.445. The highest BCUT2D eigenvalue weighted by Gasteiger charge is 2.20. The normalized spacial score (nSPS) is 15.3. The Balaban J connectivity index is 1.49. The topological polar surface area (TPSA) is 45.2 Å². The molecule has 1 aliphatic heterocycles. The number of rotatable bonds is 4. The van der Waals surface area contributed by atoms with Gasteiger partial charge in [0.05, 0.1) is 22.5 Å². The Kier molecular flexibility index (Phi) is 5.30. The van der Waals surface area contributed by atoms with Crippen LogP contribution in [0.1, 0.15) is 23.2 Å². The van der Waals surface area contributed by atoms with Crippen molar-refractivity contribution in [3.8, 4) is 0 Å². The molecule has 1 saturated heterocycles. The molecule has 3 rings (SSSR count). The number of carbonyl (C=O) groups is 1. The van der Waals surface area contributed by atoms with Crippen LogP contribution < -0.4 is 10.2 Å². The first kappa shape index (κ1) is 16.7. The van der Waals surface area contributed by atoms with Crippen molar-refractivity contribution < 1.29 is 9.18 Å². The van der Waals surface area contributed by atoms with Gasteiger partial charge in [0.1, 0.15) is 5.82 Å². The molecular formula is C18H19ClFN3O. The van der Waals surface area contributed by atoms with E-state index >= 15 is 0 Å². The molecule has 1 fully saturated rings. The number of hydrogen-bond acceptors (Lipinski definition) is 3.